The first-order valence-corrected chi connectivity index (χ1v) is 9.26. The van der Waals surface area contributed by atoms with Gasteiger partial charge < -0.3 is 5.32 Å². The first-order valence-electron chi connectivity index (χ1n) is 8.38. The summed E-state index contributed by atoms with van der Waals surface area (Å²) in [5, 5.41) is 5.13. The number of carbonyl (C=O) groups is 2. The minimum absolute atomic E-state index is 0.354. The third-order valence-corrected chi connectivity index (χ3v) is 4.82. The van der Waals surface area contributed by atoms with E-state index in [4.69, 9.17) is 0 Å². The molecule has 1 atom stereocenters. The number of thioether (sulfide) groups is 1. The van der Waals surface area contributed by atoms with Gasteiger partial charge in [0.2, 0.25) is 5.91 Å². The summed E-state index contributed by atoms with van der Waals surface area (Å²) in [7, 11) is 0. The van der Waals surface area contributed by atoms with Crippen LogP contribution in [0.4, 0.5) is 4.79 Å². The van der Waals surface area contributed by atoms with E-state index in [1.54, 1.807) is 13.8 Å². The summed E-state index contributed by atoms with van der Waals surface area (Å²) in [6.45, 7) is 4.02. The molecule has 3 aromatic rings. The van der Waals surface area contributed by atoms with Crippen molar-refractivity contribution < 1.29 is 9.59 Å². The molecule has 0 fully saturated rings. The second kappa shape index (κ2) is 8.05. The van der Waals surface area contributed by atoms with Crippen LogP contribution in [0.3, 0.4) is 0 Å². The molecule has 2 N–H and O–H groups in total. The zero-order chi connectivity index (χ0) is 18.5. The number of para-hydroxylation sites is 3. The molecular weight excluding hydrogens is 348 g/mol. The summed E-state index contributed by atoms with van der Waals surface area (Å²) in [5.74, 6) is -0.354. The Kier molecular flexibility index (Phi) is 5.58. The van der Waals surface area contributed by atoms with Crippen LogP contribution in [0.2, 0.25) is 0 Å². The molecule has 0 aliphatic rings. The number of fused-ring (bicyclic) bond motifs is 1. The highest BCUT2D eigenvalue weighted by Gasteiger charge is 2.21. The molecule has 2 aromatic carbocycles. The monoisotopic (exact) mass is 368 g/mol. The van der Waals surface area contributed by atoms with Crippen LogP contribution < -0.4 is 10.6 Å². The zero-order valence-electron chi connectivity index (χ0n) is 14.6. The molecule has 1 heterocycles. The second-order valence-electron chi connectivity index (χ2n) is 5.66. The summed E-state index contributed by atoms with van der Waals surface area (Å²) in [5.41, 5.74) is 2.80. The number of imidazole rings is 1. The molecule has 0 spiro atoms. The lowest BCUT2D eigenvalue weighted by Gasteiger charge is -2.13. The Morgan fingerprint density at radius 3 is 2.54 bits per heavy atom. The number of hydrogen-bond donors (Lipinski definition) is 2. The molecule has 3 amide bonds. The average Bonchev–Trinajstić information content (AvgIpc) is 3.00. The maximum absolute atomic E-state index is 12.3. The number of imide groups is 1. The van der Waals surface area contributed by atoms with Gasteiger partial charge in [-0.05, 0) is 38.1 Å². The van der Waals surface area contributed by atoms with Gasteiger partial charge in [0, 0.05) is 12.2 Å². The predicted molar refractivity (Wildman–Crippen MR) is 104 cm³/mol. The second-order valence-corrected chi connectivity index (χ2v) is 6.97. The van der Waals surface area contributed by atoms with E-state index in [9.17, 15) is 9.59 Å². The fourth-order valence-electron chi connectivity index (χ4n) is 2.54. The summed E-state index contributed by atoms with van der Waals surface area (Å²) in [4.78, 5) is 28.5. The van der Waals surface area contributed by atoms with E-state index >= 15 is 0 Å². The quantitative estimate of drug-likeness (QED) is 0.677. The first-order chi connectivity index (χ1) is 12.6. The van der Waals surface area contributed by atoms with Gasteiger partial charge in [0.1, 0.15) is 0 Å². The molecule has 0 unspecified atom stereocenters. The van der Waals surface area contributed by atoms with E-state index in [1.165, 1.54) is 11.8 Å². The predicted octanol–water partition coefficient (Wildman–Crippen LogP) is 3.35. The Morgan fingerprint density at radius 1 is 1.12 bits per heavy atom. The van der Waals surface area contributed by atoms with Gasteiger partial charge in [-0.15, -0.1) is 0 Å². The van der Waals surface area contributed by atoms with Gasteiger partial charge in [-0.3, -0.25) is 14.7 Å². The van der Waals surface area contributed by atoms with Crippen molar-refractivity contribution in [1.82, 2.24) is 20.2 Å². The third-order valence-electron chi connectivity index (χ3n) is 3.77. The van der Waals surface area contributed by atoms with Gasteiger partial charge in [0.05, 0.1) is 16.3 Å². The number of nitrogens with zero attached hydrogens (tertiary/aromatic N) is 2. The minimum atomic E-state index is -0.485. The molecule has 0 aliphatic carbocycles. The van der Waals surface area contributed by atoms with Gasteiger partial charge in [0.15, 0.2) is 5.16 Å². The molecule has 0 bridgehead atoms. The van der Waals surface area contributed by atoms with Crippen molar-refractivity contribution in [2.24, 2.45) is 0 Å². The topological polar surface area (TPSA) is 76.0 Å². The maximum Gasteiger partial charge on any atom is 0.321 e. The molecule has 0 saturated carbocycles. The smallest absolute Gasteiger partial charge is 0.321 e. The Bertz CT molecular complexity index is 924. The molecule has 3 rings (SSSR count). The van der Waals surface area contributed by atoms with Gasteiger partial charge in [-0.25, -0.2) is 9.78 Å². The molecular formula is C19H20N4O2S. The van der Waals surface area contributed by atoms with E-state index in [1.807, 2.05) is 59.2 Å². The van der Waals surface area contributed by atoms with Crippen molar-refractivity contribution in [1.29, 1.82) is 0 Å². The Morgan fingerprint density at radius 2 is 1.81 bits per heavy atom. The summed E-state index contributed by atoms with van der Waals surface area (Å²) < 4.78 is 2.02. The molecule has 1 aromatic heterocycles. The van der Waals surface area contributed by atoms with Crippen LogP contribution in [0.1, 0.15) is 13.8 Å². The van der Waals surface area contributed by atoms with Crippen LogP contribution in [0, 0.1) is 0 Å². The number of nitrogens with one attached hydrogen (secondary N) is 2. The van der Waals surface area contributed by atoms with E-state index in [0.29, 0.717) is 11.7 Å². The summed E-state index contributed by atoms with van der Waals surface area (Å²) >= 11 is 1.32. The standard InChI is InChI=1S/C19H20N4O2S/c1-3-20-18(25)22-17(24)13(2)26-19-21-15-11-7-8-12-16(15)23(19)14-9-5-4-6-10-14/h4-13H,3H2,1-2H3,(H2,20,22,24,25)/t13-/m0/s1. The number of carbonyl (C=O) groups excluding carboxylic acids is 2. The zero-order valence-corrected chi connectivity index (χ0v) is 15.4. The molecule has 0 radical (unpaired) electrons. The number of benzene rings is 2. The Balaban J connectivity index is 1.90. The number of hydrogen-bond acceptors (Lipinski definition) is 4. The van der Waals surface area contributed by atoms with Crippen LogP contribution in [-0.4, -0.2) is 33.3 Å². The van der Waals surface area contributed by atoms with Gasteiger partial charge in [-0.1, -0.05) is 42.1 Å². The highest BCUT2D eigenvalue weighted by molar-refractivity contribution is 8.00. The fraction of sp³-hybridized carbons (Fsp3) is 0.211. The highest BCUT2D eigenvalue weighted by Crippen LogP contribution is 2.30. The number of rotatable bonds is 5. The van der Waals surface area contributed by atoms with Gasteiger partial charge in [-0.2, -0.15) is 0 Å². The van der Waals surface area contributed by atoms with Gasteiger partial charge >= 0.3 is 6.03 Å². The van der Waals surface area contributed by atoms with E-state index in [2.05, 4.69) is 15.6 Å². The molecule has 0 aliphatic heterocycles. The van der Waals surface area contributed by atoms with Crippen LogP contribution in [0.15, 0.2) is 59.8 Å². The molecule has 7 heteroatoms. The molecule has 0 saturated heterocycles. The first kappa shape index (κ1) is 18.0. The van der Waals surface area contributed by atoms with E-state index in [-0.39, 0.29) is 5.91 Å². The minimum Gasteiger partial charge on any atom is -0.338 e. The van der Waals surface area contributed by atoms with Crippen molar-refractivity contribution in [3.8, 4) is 5.69 Å². The van der Waals surface area contributed by atoms with Crippen molar-refractivity contribution >= 4 is 34.7 Å². The SMILES string of the molecule is CCNC(=O)NC(=O)[C@H](C)Sc1nc2ccccc2n1-c1ccccc1. The lowest BCUT2D eigenvalue weighted by atomic mass is 10.3. The summed E-state index contributed by atoms with van der Waals surface area (Å²) in [6, 6.07) is 17.2. The molecule has 26 heavy (non-hydrogen) atoms. The normalized spacial score (nSPS) is 11.9. The van der Waals surface area contributed by atoms with E-state index in [0.717, 1.165) is 16.7 Å². The number of amides is 3. The van der Waals surface area contributed by atoms with Crippen LogP contribution >= 0.6 is 11.8 Å². The van der Waals surface area contributed by atoms with Crippen LogP contribution in [-0.2, 0) is 4.79 Å². The molecule has 6 nitrogen and oxygen atoms in total. The lowest BCUT2D eigenvalue weighted by molar-refractivity contribution is -0.119. The lowest BCUT2D eigenvalue weighted by Crippen LogP contribution is -2.42. The Hall–Kier alpha value is -2.80. The van der Waals surface area contributed by atoms with Crippen molar-refractivity contribution in [3.05, 3.63) is 54.6 Å². The van der Waals surface area contributed by atoms with Crippen molar-refractivity contribution in [2.45, 2.75) is 24.3 Å². The van der Waals surface area contributed by atoms with Gasteiger partial charge in [0.25, 0.3) is 0 Å². The van der Waals surface area contributed by atoms with Crippen molar-refractivity contribution in [2.75, 3.05) is 6.54 Å². The third kappa shape index (κ3) is 3.88. The number of urea groups is 1. The summed E-state index contributed by atoms with van der Waals surface area (Å²) in [6.07, 6.45) is 0. The van der Waals surface area contributed by atoms with Crippen LogP contribution in [0.25, 0.3) is 16.7 Å². The van der Waals surface area contributed by atoms with Crippen molar-refractivity contribution in [3.63, 3.8) is 0 Å². The van der Waals surface area contributed by atoms with Crippen LogP contribution in [0.5, 0.6) is 0 Å². The maximum atomic E-state index is 12.3. The number of aromatic nitrogens is 2. The van der Waals surface area contributed by atoms with E-state index < -0.39 is 11.3 Å². The Labute approximate surface area is 156 Å². The molecule has 134 valence electrons. The average molecular weight is 368 g/mol. The highest BCUT2D eigenvalue weighted by atomic mass is 32.2. The largest absolute Gasteiger partial charge is 0.338 e. The fourth-order valence-corrected chi connectivity index (χ4v) is 3.48.